The molecular formula is C18H15BrFN3O. The van der Waals surface area contributed by atoms with E-state index in [1.165, 1.54) is 18.3 Å². The zero-order chi connectivity index (χ0) is 17.1. The van der Waals surface area contributed by atoms with Crippen LogP contribution >= 0.6 is 15.9 Å². The van der Waals surface area contributed by atoms with Crippen LogP contribution in [0.25, 0.3) is 5.69 Å². The Kier molecular flexibility index (Phi) is 4.76. The van der Waals surface area contributed by atoms with Gasteiger partial charge in [0, 0.05) is 11.0 Å². The van der Waals surface area contributed by atoms with Crippen molar-refractivity contribution in [3.8, 4) is 5.69 Å². The summed E-state index contributed by atoms with van der Waals surface area (Å²) in [5.41, 5.74) is 2.82. The van der Waals surface area contributed by atoms with Crippen LogP contribution in [0.3, 0.4) is 0 Å². The molecule has 0 fully saturated rings. The number of nitrogens with zero attached hydrogens (tertiary/aromatic N) is 2. The Morgan fingerprint density at radius 1 is 1.25 bits per heavy atom. The number of nitrogens with one attached hydrogen (secondary N) is 1. The van der Waals surface area contributed by atoms with Crippen LogP contribution in [0.15, 0.2) is 59.2 Å². The summed E-state index contributed by atoms with van der Waals surface area (Å²) in [5, 5.41) is 7.08. The summed E-state index contributed by atoms with van der Waals surface area (Å²) in [6.07, 6.45) is 1.54. The standard InChI is InChI=1S/C18H15BrFN3O/c1-12-17(11-22-23(12)16-7-5-14(19)6-8-16)18(24)21-10-13-3-2-4-15(20)9-13/h2-9,11H,10H2,1H3,(H,21,24). The Hall–Kier alpha value is -2.47. The predicted octanol–water partition coefficient (Wildman–Crippen LogP) is 4.01. The maximum absolute atomic E-state index is 13.2. The van der Waals surface area contributed by atoms with Crippen molar-refractivity contribution in [1.29, 1.82) is 0 Å². The molecule has 1 N–H and O–H groups in total. The molecule has 0 unspecified atom stereocenters. The lowest BCUT2D eigenvalue weighted by atomic mass is 10.2. The van der Waals surface area contributed by atoms with Crippen LogP contribution in [0.2, 0.25) is 0 Å². The van der Waals surface area contributed by atoms with E-state index in [0.29, 0.717) is 11.1 Å². The van der Waals surface area contributed by atoms with E-state index in [-0.39, 0.29) is 18.3 Å². The summed E-state index contributed by atoms with van der Waals surface area (Å²) >= 11 is 3.39. The molecule has 0 bridgehead atoms. The minimum Gasteiger partial charge on any atom is -0.348 e. The van der Waals surface area contributed by atoms with Gasteiger partial charge in [0.15, 0.2) is 0 Å². The highest BCUT2D eigenvalue weighted by Gasteiger charge is 2.15. The number of rotatable bonds is 4. The van der Waals surface area contributed by atoms with Gasteiger partial charge in [0.05, 0.1) is 23.1 Å². The van der Waals surface area contributed by atoms with E-state index in [2.05, 4.69) is 26.3 Å². The van der Waals surface area contributed by atoms with E-state index in [1.54, 1.807) is 16.8 Å². The van der Waals surface area contributed by atoms with Gasteiger partial charge in [-0.2, -0.15) is 5.10 Å². The summed E-state index contributed by atoms with van der Waals surface area (Å²) in [5.74, 6) is -0.555. The van der Waals surface area contributed by atoms with E-state index in [9.17, 15) is 9.18 Å². The Bertz CT molecular complexity index is 874. The fourth-order valence-electron chi connectivity index (χ4n) is 2.40. The molecule has 0 aliphatic heterocycles. The van der Waals surface area contributed by atoms with E-state index >= 15 is 0 Å². The highest BCUT2D eigenvalue weighted by atomic mass is 79.9. The van der Waals surface area contributed by atoms with Crippen LogP contribution in [0.4, 0.5) is 4.39 Å². The number of hydrogen-bond donors (Lipinski definition) is 1. The molecule has 0 spiro atoms. The average molecular weight is 388 g/mol. The van der Waals surface area contributed by atoms with Gasteiger partial charge in [-0.05, 0) is 48.9 Å². The molecule has 122 valence electrons. The molecule has 1 heterocycles. The van der Waals surface area contributed by atoms with E-state index < -0.39 is 0 Å². The number of halogens is 2. The number of carbonyl (C=O) groups is 1. The van der Waals surface area contributed by atoms with Crippen molar-refractivity contribution < 1.29 is 9.18 Å². The van der Waals surface area contributed by atoms with Gasteiger partial charge in [-0.3, -0.25) is 4.79 Å². The highest BCUT2D eigenvalue weighted by molar-refractivity contribution is 9.10. The zero-order valence-corrected chi connectivity index (χ0v) is 14.5. The summed E-state index contributed by atoms with van der Waals surface area (Å²) in [4.78, 5) is 12.4. The van der Waals surface area contributed by atoms with Crippen molar-refractivity contribution in [2.24, 2.45) is 0 Å². The second-order valence-corrected chi connectivity index (χ2v) is 6.26. The molecule has 2 aromatic carbocycles. The Labute approximate surface area is 147 Å². The Balaban J connectivity index is 1.75. The van der Waals surface area contributed by atoms with Crippen molar-refractivity contribution in [1.82, 2.24) is 15.1 Å². The van der Waals surface area contributed by atoms with Crippen molar-refractivity contribution in [3.05, 3.63) is 81.8 Å². The topological polar surface area (TPSA) is 46.9 Å². The van der Waals surface area contributed by atoms with Gasteiger partial charge in [-0.25, -0.2) is 9.07 Å². The fourth-order valence-corrected chi connectivity index (χ4v) is 2.66. The molecule has 24 heavy (non-hydrogen) atoms. The molecule has 4 nitrogen and oxygen atoms in total. The van der Waals surface area contributed by atoms with Crippen LogP contribution in [0, 0.1) is 12.7 Å². The maximum Gasteiger partial charge on any atom is 0.255 e. The van der Waals surface area contributed by atoms with Gasteiger partial charge in [0.25, 0.3) is 5.91 Å². The lowest BCUT2D eigenvalue weighted by Crippen LogP contribution is -2.23. The van der Waals surface area contributed by atoms with Crippen molar-refractivity contribution in [3.63, 3.8) is 0 Å². The largest absolute Gasteiger partial charge is 0.348 e. The van der Waals surface area contributed by atoms with Gasteiger partial charge in [-0.1, -0.05) is 28.1 Å². The van der Waals surface area contributed by atoms with E-state index in [4.69, 9.17) is 0 Å². The molecule has 6 heteroatoms. The fraction of sp³-hybridized carbons (Fsp3) is 0.111. The lowest BCUT2D eigenvalue weighted by Gasteiger charge is -2.07. The molecule has 0 saturated heterocycles. The lowest BCUT2D eigenvalue weighted by molar-refractivity contribution is 0.0950. The number of amides is 1. The summed E-state index contributed by atoms with van der Waals surface area (Å²) < 4.78 is 15.9. The molecule has 0 aliphatic rings. The minimum atomic E-state index is -0.319. The van der Waals surface area contributed by atoms with Crippen LogP contribution in [0.1, 0.15) is 21.6 Å². The second kappa shape index (κ2) is 6.97. The van der Waals surface area contributed by atoms with Crippen LogP contribution in [-0.4, -0.2) is 15.7 Å². The Morgan fingerprint density at radius 2 is 2.00 bits per heavy atom. The van der Waals surface area contributed by atoms with Crippen molar-refractivity contribution in [2.75, 3.05) is 0 Å². The zero-order valence-electron chi connectivity index (χ0n) is 13.0. The normalized spacial score (nSPS) is 10.6. The minimum absolute atomic E-state index is 0.236. The number of aromatic nitrogens is 2. The maximum atomic E-state index is 13.2. The molecule has 1 aromatic heterocycles. The van der Waals surface area contributed by atoms with Crippen molar-refractivity contribution >= 4 is 21.8 Å². The van der Waals surface area contributed by atoms with Gasteiger partial charge in [-0.15, -0.1) is 0 Å². The first-order valence-electron chi connectivity index (χ1n) is 7.38. The molecule has 0 saturated carbocycles. The first kappa shape index (κ1) is 16.4. The molecular weight excluding hydrogens is 373 g/mol. The monoisotopic (exact) mass is 387 g/mol. The molecule has 0 aliphatic carbocycles. The smallest absolute Gasteiger partial charge is 0.255 e. The third kappa shape index (κ3) is 3.54. The van der Waals surface area contributed by atoms with Gasteiger partial charge >= 0.3 is 0 Å². The number of hydrogen-bond acceptors (Lipinski definition) is 2. The van der Waals surface area contributed by atoms with Crippen LogP contribution < -0.4 is 5.32 Å². The molecule has 1 amide bonds. The SMILES string of the molecule is Cc1c(C(=O)NCc2cccc(F)c2)cnn1-c1ccc(Br)cc1. The first-order chi connectivity index (χ1) is 11.5. The first-order valence-corrected chi connectivity index (χ1v) is 8.17. The number of carbonyl (C=O) groups excluding carboxylic acids is 1. The number of benzene rings is 2. The Morgan fingerprint density at radius 3 is 2.71 bits per heavy atom. The summed E-state index contributed by atoms with van der Waals surface area (Å²) in [6.45, 7) is 2.10. The van der Waals surface area contributed by atoms with Gasteiger partial charge < -0.3 is 5.32 Å². The van der Waals surface area contributed by atoms with E-state index in [0.717, 1.165) is 15.9 Å². The average Bonchev–Trinajstić information content (AvgIpc) is 2.95. The molecule has 0 radical (unpaired) electrons. The molecule has 3 rings (SSSR count). The molecule has 0 atom stereocenters. The van der Waals surface area contributed by atoms with Crippen LogP contribution in [-0.2, 0) is 6.54 Å². The summed E-state index contributed by atoms with van der Waals surface area (Å²) in [6, 6.07) is 13.8. The quantitative estimate of drug-likeness (QED) is 0.734. The summed E-state index contributed by atoms with van der Waals surface area (Å²) in [7, 11) is 0. The van der Waals surface area contributed by atoms with Crippen molar-refractivity contribution in [2.45, 2.75) is 13.5 Å². The second-order valence-electron chi connectivity index (χ2n) is 5.34. The highest BCUT2D eigenvalue weighted by Crippen LogP contribution is 2.17. The molecule has 3 aromatic rings. The van der Waals surface area contributed by atoms with Gasteiger partial charge in [0.2, 0.25) is 0 Å². The third-order valence-corrected chi connectivity index (χ3v) is 4.20. The predicted molar refractivity (Wildman–Crippen MR) is 93.6 cm³/mol. The van der Waals surface area contributed by atoms with E-state index in [1.807, 2.05) is 31.2 Å². The third-order valence-electron chi connectivity index (χ3n) is 3.67. The van der Waals surface area contributed by atoms with Crippen LogP contribution in [0.5, 0.6) is 0 Å². The van der Waals surface area contributed by atoms with Gasteiger partial charge in [0.1, 0.15) is 5.82 Å².